The van der Waals surface area contributed by atoms with Crippen LogP contribution in [-0.2, 0) is 21.7 Å². The minimum atomic E-state index is -0.00826. The highest BCUT2D eigenvalue weighted by Gasteiger charge is 2.27. The molecule has 0 aromatic heterocycles. The van der Waals surface area contributed by atoms with Crippen molar-refractivity contribution in [3.63, 3.8) is 0 Å². The molecule has 0 spiro atoms. The van der Waals surface area contributed by atoms with E-state index in [1.165, 1.54) is 110 Å². The van der Waals surface area contributed by atoms with Gasteiger partial charge in [-0.05, 0) is 156 Å². The van der Waals surface area contributed by atoms with Gasteiger partial charge in [0, 0.05) is 0 Å². The van der Waals surface area contributed by atoms with E-state index in [1.54, 1.807) is 0 Å². The molecule has 9 aromatic rings. The summed E-state index contributed by atoms with van der Waals surface area (Å²) in [6.07, 6.45) is 0. The van der Waals surface area contributed by atoms with Gasteiger partial charge in [0.1, 0.15) is 0 Å². The fourth-order valence-corrected chi connectivity index (χ4v) is 9.38. The van der Waals surface area contributed by atoms with Crippen LogP contribution in [0, 0.1) is 0 Å². The van der Waals surface area contributed by atoms with Crippen molar-refractivity contribution >= 4 is 43.1 Å². The van der Waals surface area contributed by atoms with Crippen LogP contribution in [-0.4, -0.2) is 0 Å². The van der Waals surface area contributed by atoms with Crippen LogP contribution in [0.15, 0.2) is 158 Å². The smallest absolute Gasteiger partial charge is 0.00199 e. The molecular formula is C62H62. The van der Waals surface area contributed by atoms with Crippen molar-refractivity contribution < 1.29 is 0 Å². The van der Waals surface area contributed by atoms with Gasteiger partial charge in [0.15, 0.2) is 0 Å². The van der Waals surface area contributed by atoms with E-state index in [9.17, 15) is 0 Å². The van der Waals surface area contributed by atoms with Crippen molar-refractivity contribution in [1.29, 1.82) is 0 Å². The summed E-state index contributed by atoms with van der Waals surface area (Å²) in [5.41, 5.74) is 15.6. The molecule has 0 heterocycles. The maximum atomic E-state index is 2.46. The highest BCUT2D eigenvalue weighted by Crippen LogP contribution is 2.50. The van der Waals surface area contributed by atoms with Crippen molar-refractivity contribution in [2.24, 2.45) is 0 Å². The van der Waals surface area contributed by atoms with E-state index >= 15 is 0 Å². The SMILES string of the molecule is CC(C)(C)c1cc(-c2cc3ccccc3cc2-c2c3ccccc3c(-c3cc4ccccc4cc3-c3cc(C(C)(C)C)cc(C(C)(C)C)c3)c3ccccc23)cc(C(C)(C)C)c1. The Morgan fingerprint density at radius 3 is 0.710 bits per heavy atom. The Morgan fingerprint density at radius 2 is 0.468 bits per heavy atom. The number of hydrogen-bond donors (Lipinski definition) is 0. The Labute approximate surface area is 370 Å². The molecule has 0 saturated heterocycles. The van der Waals surface area contributed by atoms with Crippen LogP contribution in [0.4, 0.5) is 0 Å². The molecular weight excluding hydrogens is 745 g/mol. The molecule has 0 unspecified atom stereocenters. The average Bonchev–Trinajstić information content (AvgIpc) is 3.23. The van der Waals surface area contributed by atoms with Crippen molar-refractivity contribution in [2.45, 2.75) is 105 Å². The Bertz CT molecular complexity index is 2860. The van der Waals surface area contributed by atoms with Gasteiger partial charge < -0.3 is 0 Å². The summed E-state index contributed by atoms with van der Waals surface area (Å²) >= 11 is 0. The predicted molar refractivity (Wildman–Crippen MR) is 273 cm³/mol. The lowest BCUT2D eigenvalue weighted by Gasteiger charge is -2.28. The molecule has 0 bridgehead atoms. The minimum Gasteiger partial charge on any atom is -0.0616 e. The summed E-state index contributed by atoms with van der Waals surface area (Å²) in [5.74, 6) is 0. The molecule has 0 amide bonds. The van der Waals surface area contributed by atoms with Crippen LogP contribution in [0.2, 0.25) is 0 Å². The quantitative estimate of drug-likeness (QED) is 0.155. The first-order valence-electron chi connectivity index (χ1n) is 22.6. The van der Waals surface area contributed by atoms with Crippen LogP contribution in [0.25, 0.3) is 87.6 Å². The van der Waals surface area contributed by atoms with Crippen LogP contribution >= 0.6 is 0 Å². The molecule has 0 nitrogen and oxygen atoms in total. The minimum absolute atomic E-state index is 0.00826. The summed E-state index contributed by atoms with van der Waals surface area (Å²) < 4.78 is 0. The molecule has 0 N–H and O–H groups in total. The predicted octanol–water partition coefficient (Wildman–Crippen LogP) is 18.2. The fraction of sp³-hybridized carbons (Fsp3) is 0.258. The first kappa shape index (κ1) is 41.4. The molecule has 0 fully saturated rings. The Morgan fingerprint density at radius 1 is 0.242 bits per heavy atom. The molecule has 0 aliphatic rings. The number of rotatable bonds is 4. The maximum absolute atomic E-state index is 2.46. The molecule has 9 aromatic carbocycles. The van der Waals surface area contributed by atoms with Gasteiger partial charge in [0.05, 0.1) is 0 Å². The second-order valence-electron chi connectivity index (χ2n) is 21.9. The van der Waals surface area contributed by atoms with Crippen molar-refractivity contribution in [3.05, 3.63) is 180 Å². The molecule has 62 heavy (non-hydrogen) atoms. The van der Waals surface area contributed by atoms with Gasteiger partial charge >= 0.3 is 0 Å². The van der Waals surface area contributed by atoms with Crippen LogP contribution in [0.3, 0.4) is 0 Å². The normalized spacial score (nSPS) is 12.8. The molecule has 0 heteroatoms. The molecule has 0 radical (unpaired) electrons. The van der Waals surface area contributed by atoms with Gasteiger partial charge in [-0.25, -0.2) is 0 Å². The lowest BCUT2D eigenvalue weighted by molar-refractivity contribution is 0.568. The molecule has 0 saturated carbocycles. The van der Waals surface area contributed by atoms with Gasteiger partial charge in [0.2, 0.25) is 0 Å². The van der Waals surface area contributed by atoms with E-state index in [2.05, 4.69) is 241 Å². The lowest BCUT2D eigenvalue weighted by atomic mass is 9.77. The van der Waals surface area contributed by atoms with Crippen LogP contribution in [0.1, 0.15) is 105 Å². The highest BCUT2D eigenvalue weighted by atomic mass is 14.3. The first-order valence-corrected chi connectivity index (χ1v) is 22.6. The summed E-state index contributed by atoms with van der Waals surface area (Å²) in [6, 6.07) is 60.7. The summed E-state index contributed by atoms with van der Waals surface area (Å²) in [5, 5.41) is 10.0. The second kappa shape index (κ2) is 14.8. The van der Waals surface area contributed by atoms with Gasteiger partial charge in [-0.3, -0.25) is 0 Å². The summed E-state index contributed by atoms with van der Waals surface area (Å²) in [4.78, 5) is 0. The third kappa shape index (κ3) is 7.53. The van der Waals surface area contributed by atoms with Crippen molar-refractivity contribution in [1.82, 2.24) is 0 Å². The van der Waals surface area contributed by atoms with Crippen LogP contribution in [0.5, 0.6) is 0 Å². The zero-order valence-electron chi connectivity index (χ0n) is 39.0. The number of benzene rings is 9. The van der Waals surface area contributed by atoms with Gasteiger partial charge in [-0.1, -0.05) is 217 Å². The monoisotopic (exact) mass is 806 g/mol. The van der Waals surface area contributed by atoms with Gasteiger partial charge in [-0.2, -0.15) is 0 Å². The van der Waals surface area contributed by atoms with Crippen molar-refractivity contribution in [2.75, 3.05) is 0 Å². The Balaban J connectivity index is 1.42. The van der Waals surface area contributed by atoms with Crippen LogP contribution < -0.4 is 0 Å². The molecule has 310 valence electrons. The molecule has 0 aliphatic heterocycles. The second-order valence-corrected chi connectivity index (χ2v) is 21.9. The topological polar surface area (TPSA) is 0 Å². The van der Waals surface area contributed by atoms with Gasteiger partial charge in [0.25, 0.3) is 0 Å². The van der Waals surface area contributed by atoms with E-state index in [-0.39, 0.29) is 21.7 Å². The molecule has 9 rings (SSSR count). The van der Waals surface area contributed by atoms with Gasteiger partial charge in [-0.15, -0.1) is 0 Å². The third-order valence-electron chi connectivity index (χ3n) is 13.2. The number of hydrogen-bond acceptors (Lipinski definition) is 0. The zero-order chi connectivity index (χ0) is 43.9. The largest absolute Gasteiger partial charge is 0.0616 e. The summed E-state index contributed by atoms with van der Waals surface area (Å²) in [7, 11) is 0. The van der Waals surface area contributed by atoms with E-state index < -0.39 is 0 Å². The highest BCUT2D eigenvalue weighted by molar-refractivity contribution is 6.24. The van der Waals surface area contributed by atoms with E-state index in [4.69, 9.17) is 0 Å². The zero-order valence-corrected chi connectivity index (χ0v) is 39.0. The summed E-state index contributed by atoms with van der Waals surface area (Å²) in [6.45, 7) is 28.0. The number of fused-ring (bicyclic) bond motifs is 4. The lowest BCUT2D eigenvalue weighted by Crippen LogP contribution is -2.16. The Kier molecular flexibility index (Phi) is 9.90. The first-order chi connectivity index (χ1) is 29.3. The fourth-order valence-electron chi connectivity index (χ4n) is 9.38. The third-order valence-corrected chi connectivity index (χ3v) is 13.2. The van der Waals surface area contributed by atoms with E-state index in [0.717, 1.165) is 0 Å². The maximum Gasteiger partial charge on any atom is -0.00199 e. The molecule has 0 aliphatic carbocycles. The molecule has 0 atom stereocenters. The Hall–Kier alpha value is -5.98. The average molecular weight is 807 g/mol. The van der Waals surface area contributed by atoms with E-state index in [0.29, 0.717) is 0 Å². The standard InChI is InChI=1S/C62H62/c1-59(2,3)45-29-43(30-46(37-45)60(4,5)6)53-33-39-21-13-15-23-41(39)35-55(53)57-49-25-17-19-27-51(49)58(52-28-20-18-26-50(52)57)56-36-42-24-16-14-22-40(42)34-54(56)44-31-47(61(7,8)9)38-48(32-44)62(10,11)12/h13-38H,1-12H3. The van der Waals surface area contributed by atoms with E-state index in [1.807, 2.05) is 0 Å². The van der Waals surface area contributed by atoms with Crippen molar-refractivity contribution in [3.8, 4) is 44.5 Å².